The molecule has 0 bridgehead atoms. The van der Waals surface area contributed by atoms with Gasteiger partial charge in [-0.25, -0.2) is 0 Å². The maximum atomic E-state index is 6.24. The molecule has 0 aliphatic heterocycles. The minimum absolute atomic E-state index is 0.131. The van der Waals surface area contributed by atoms with Crippen molar-refractivity contribution in [2.24, 2.45) is 5.92 Å². The molecule has 0 aromatic heterocycles. The topological polar surface area (TPSA) is 0 Å². The van der Waals surface area contributed by atoms with Crippen molar-refractivity contribution in [1.29, 1.82) is 0 Å². The second-order valence-electron chi connectivity index (χ2n) is 3.97. The van der Waals surface area contributed by atoms with Crippen molar-refractivity contribution < 1.29 is 0 Å². The molecule has 0 spiro atoms. The predicted molar refractivity (Wildman–Crippen MR) is 55.6 cm³/mol. The number of rotatable bonds is 2. The Kier molecular flexibility index (Phi) is 3.00. The van der Waals surface area contributed by atoms with Crippen molar-refractivity contribution in [3.8, 4) is 0 Å². The van der Waals surface area contributed by atoms with Crippen LogP contribution in [0, 0.1) is 5.92 Å². The van der Waals surface area contributed by atoms with Crippen LogP contribution in [0.4, 0.5) is 0 Å². The molecule has 1 rings (SSSR count). The molecule has 1 aliphatic carbocycles. The van der Waals surface area contributed by atoms with Gasteiger partial charge in [-0.2, -0.15) is 0 Å². The zero-order chi connectivity index (χ0) is 9.19. The summed E-state index contributed by atoms with van der Waals surface area (Å²) in [4.78, 5) is -0.131. The predicted octanol–water partition coefficient (Wildman–Crippen LogP) is 3.92. The lowest BCUT2D eigenvalue weighted by Crippen LogP contribution is -2.23. The van der Waals surface area contributed by atoms with Crippen LogP contribution in [0.15, 0.2) is 23.8 Å². The van der Waals surface area contributed by atoms with Gasteiger partial charge >= 0.3 is 0 Å². The summed E-state index contributed by atoms with van der Waals surface area (Å²) in [6, 6.07) is 0. The first-order valence-electron chi connectivity index (χ1n) is 4.57. The monoisotopic (exact) mass is 184 g/mol. The highest BCUT2D eigenvalue weighted by Crippen LogP contribution is 2.32. The van der Waals surface area contributed by atoms with Crippen molar-refractivity contribution in [3.63, 3.8) is 0 Å². The second kappa shape index (κ2) is 3.66. The van der Waals surface area contributed by atoms with E-state index in [1.54, 1.807) is 0 Å². The molecular formula is C11H17Cl. The molecule has 1 unspecified atom stereocenters. The lowest BCUT2D eigenvalue weighted by Gasteiger charge is -2.27. The van der Waals surface area contributed by atoms with E-state index in [-0.39, 0.29) is 4.87 Å². The quantitative estimate of drug-likeness (QED) is 0.571. The van der Waals surface area contributed by atoms with Crippen LogP contribution in [0.5, 0.6) is 0 Å². The van der Waals surface area contributed by atoms with E-state index in [1.165, 1.54) is 18.4 Å². The van der Waals surface area contributed by atoms with Crippen LogP contribution >= 0.6 is 11.6 Å². The van der Waals surface area contributed by atoms with Gasteiger partial charge < -0.3 is 0 Å². The minimum Gasteiger partial charge on any atom is -0.119 e. The van der Waals surface area contributed by atoms with Crippen LogP contribution < -0.4 is 0 Å². The third-order valence-electron chi connectivity index (χ3n) is 2.55. The molecule has 0 aromatic carbocycles. The van der Waals surface area contributed by atoms with Crippen molar-refractivity contribution >= 4 is 11.6 Å². The summed E-state index contributed by atoms with van der Waals surface area (Å²) >= 11 is 6.24. The minimum atomic E-state index is -0.131. The first-order chi connectivity index (χ1) is 5.52. The summed E-state index contributed by atoms with van der Waals surface area (Å²) in [5, 5.41) is 0. The van der Waals surface area contributed by atoms with Crippen LogP contribution in [0.3, 0.4) is 0 Å². The fourth-order valence-corrected chi connectivity index (χ4v) is 1.48. The summed E-state index contributed by atoms with van der Waals surface area (Å²) in [7, 11) is 0. The van der Waals surface area contributed by atoms with Crippen molar-refractivity contribution in [2.45, 2.75) is 38.5 Å². The Morgan fingerprint density at radius 1 is 1.42 bits per heavy atom. The molecule has 0 saturated carbocycles. The van der Waals surface area contributed by atoms with Gasteiger partial charge in [0.15, 0.2) is 0 Å². The summed E-state index contributed by atoms with van der Waals surface area (Å²) in [5.41, 5.74) is 1.39. The lowest BCUT2D eigenvalue weighted by molar-refractivity contribution is 0.523. The molecular weight excluding hydrogens is 168 g/mol. The molecule has 0 N–H and O–H groups in total. The molecule has 0 nitrogen and oxygen atoms in total. The average Bonchev–Trinajstić information content (AvgIpc) is 2.03. The van der Waals surface area contributed by atoms with Crippen LogP contribution in [0.2, 0.25) is 0 Å². The molecule has 1 aliphatic rings. The highest BCUT2D eigenvalue weighted by Gasteiger charge is 2.24. The Hall–Kier alpha value is -0.230. The molecule has 0 aromatic rings. The van der Waals surface area contributed by atoms with Crippen LogP contribution in [0.1, 0.15) is 33.6 Å². The molecule has 12 heavy (non-hydrogen) atoms. The first kappa shape index (κ1) is 9.85. The molecule has 0 heterocycles. The van der Waals surface area contributed by atoms with Crippen LogP contribution in [0.25, 0.3) is 0 Å². The smallest absolute Gasteiger partial charge is 0.0456 e. The fraction of sp³-hybridized carbons (Fsp3) is 0.636. The van der Waals surface area contributed by atoms with Gasteiger partial charge in [-0.15, -0.1) is 11.6 Å². The van der Waals surface area contributed by atoms with E-state index in [9.17, 15) is 0 Å². The third-order valence-corrected chi connectivity index (χ3v) is 2.88. The van der Waals surface area contributed by atoms with E-state index in [1.807, 2.05) is 0 Å². The van der Waals surface area contributed by atoms with Gasteiger partial charge in [0.25, 0.3) is 0 Å². The molecule has 68 valence electrons. The van der Waals surface area contributed by atoms with Crippen LogP contribution in [-0.4, -0.2) is 4.87 Å². The van der Waals surface area contributed by atoms with Crippen molar-refractivity contribution in [1.82, 2.24) is 0 Å². The Balaban J connectivity index is 2.70. The summed E-state index contributed by atoms with van der Waals surface area (Å²) in [6.45, 7) is 6.33. The molecule has 1 heteroatoms. The third kappa shape index (κ3) is 2.38. The molecule has 0 amide bonds. The van der Waals surface area contributed by atoms with Gasteiger partial charge in [0.1, 0.15) is 0 Å². The number of halogens is 1. The Bertz CT molecular complexity index is 206. The van der Waals surface area contributed by atoms with Crippen LogP contribution in [-0.2, 0) is 0 Å². The average molecular weight is 185 g/mol. The van der Waals surface area contributed by atoms with E-state index >= 15 is 0 Å². The van der Waals surface area contributed by atoms with Gasteiger partial charge in [-0.05, 0) is 38.2 Å². The van der Waals surface area contributed by atoms with E-state index in [2.05, 4.69) is 39.0 Å². The Morgan fingerprint density at radius 2 is 2.08 bits per heavy atom. The van der Waals surface area contributed by atoms with E-state index in [0.717, 1.165) is 0 Å². The largest absolute Gasteiger partial charge is 0.119 e. The van der Waals surface area contributed by atoms with Gasteiger partial charge in [0.2, 0.25) is 0 Å². The second-order valence-corrected chi connectivity index (χ2v) is 4.94. The lowest BCUT2D eigenvalue weighted by atomic mass is 9.86. The highest BCUT2D eigenvalue weighted by molar-refractivity contribution is 6.23. The van der Waals surface area contributed by atoms with Gasteiger partial charge in [0, 0.05) is 4.87 Å². The van der Waals surface area contributed by atoms with E-state index in [0.29, 0.717) is 5.92 Å². The maximum absolute atomic E-state index is 6.24. The molecule has 1 atom stereocenters. The maximum Gasteiger partial charge on any atom is 0.0456 e. The normalized spacial score (nSPS) is 20.5. The van der Waals surface area contributed by atoms with Gasteiger partial charge in [-0.1, -0.05) is 25.2 Å². The van der Waals surface area contributed by atoms with Crippen molar-refractivity contribution in [2.75, 3.05) is 0 Å². The molecule has 0 radical (unpaired) electrons. The van der Waals surface area contributed by atoms with E-state index < -0.39 is 0 Å². The SMILES string of the molecule is CC(C1=CCCC=C1)C(C)(C)Cl. The molecule has 0 saturated heterocycles. The zero-order valence-corrected chi connectivity index (χ0v) is 8.86. The number of allylic oxidation sites excluding steroid dienone is 4. The fourth-order valence-electron chi connectivity index (χ4n) is 1.35. The van der Waals surface area contributed by atoms with Gasteiger partial charge in [-0.3, -0.25) is 0 Å². The summed E-state index contributed by atoms with van der Waals surface area (Å²) in [6.07, 6.45) is 9.09. The standard InChI is InChI=1S/C11H17Cl/c1-9(11(2,3)12)10-7-5-4-6-8-10/h5,7-9H,4,6H2,1-3H3. The zero-order valence-electron chi connectivity index (χ0n) is 8.10. The highest BCUT2D eigenvalue weighted by atomic mass is 35.5. The number of alkyl halides is 1. The number of hydrogen-bond donors (Lipinski definition) is 0. The summed E-state index contributed by atoms with van der Waals surface area (Å²) in [5.74, 6) is 0.440. The van der Waals surface area contributed by atoms with Gasteiger partial charge in [0.05, 0.1) is 0 Å². The molecule has 0 fully saturated rings. The first-order valence-corrected chi connectivity index (χ1v) is 4.95. The number of hydrogen-bond acceptors (Lipinski definition) is 0. The Labute approximate surface area is 80.3 Å². The summed E-state index contributed by atoms with van der Waals surface area (Å²) < 4.78 is 0. The Morgan fingerprint density at radius 3 is 2.50 bits per heavy atom. The van der Waals surface area contributed by atoms with Crippen molar-refractivity contribution in [3.05, 3.63) is 23.8 Å². The van der Waals surface area contributed by atoms with E-state index in [4.69, 9.17) is 11.6 Å².